The normalized spacial score (nSPS) is 24.3. The molecule has 4 heteroatoms. The Labute approximate surface area is 88.3 Å². The predicted octanol–water partition coefficient (Wildman–Crippen LogP) is 1.80. The number of anilines is 1. The Bertz CT molecular complexity index is 443. The zero-order valence-electron chi connectivity index (χ0n) is 8.72. The maximum absolute atomic E-state index is 4.38. The minimum atomic E-state index is 0.736. The maximum Gasteiger partial charge on any atom is 0.243 e. The van der Waals surface area contributed by atoms with Crippen molar-refractivity contribution < 1.29 is 0 Å². The fourth-order valence-electron chi connectivity index (χ4n) is 1.81. The van der Waals surface area contributed by atoms with Crippen molar-refractivity contribution in [3.63, 3.8) is 0 Å². The van der Waals surface area contributed by atoms with Crippen molar-refractivity contribution in [1.82, 2.24) is 14.6 Å². The summed E-state index contributed by atoms with van der Waals surface area (Å²) in [6.07, 6.45) is 3.24. The van der Waals surface area contributed by atoms with Gasteiger partial charge in [-0.05, 0) is 30.4 Å². The summed E-state index contributed by atoms with van der Waals surface area (Å²) < 4.78 is 1.79. The van der Waals surface area contributed by atoms with Gasteiger partial charge in [-0.25, -0.2) is 4.52 Å². The third-order valence-electron chi connectivity index (χ3n) is 3.04. The van der Waals surface area contributed by atoms with Crippen LogP contribution >= 0.6 is 0 Å². The van der Waals surface area contributed by atoms with Gasteiger partial charge in [-0.3, -0.25) is 0 Å². The third kappa shape index (κ3) is 1.67. The number of hydrogen-bond acceptors (Lipinski definition) is 3. The van der Waals surface area contributed by atoms with E-state index in [4.69, 9.17) is 0 Å². The molecule has 78 valence electrons. The number of hydrogen-bond donors (Lipinski definition) is 1. The van der Waals surface area contributed by atoms with E-state index in [0.717, 1.165) is 30.0 Å². The van der Waals surface area contributed by atoms with Crippen LogP contribution in [0.4, 0.5) is 5.95 Å². The van der Waals surface area contributed by atoms with Gasteiger partial charge in [0.15, 0.2) is 5.65 Å². The first-order valence-electron chi connectivity index (χ1n) is 5.38. The largest absolute Gasteiger partial charge is 0.353 e. The van der Waals surface area contributed by atoms with Crippen molar-refractivity contribution >= 4 is 11.6 Å². The molecule has 2 atom stereocenters. The lowest BCUT2D eigenvalue weighted by molar-refractivity contribution is 0.780. The average Bonchev–Trinajstić information content (AvgIpc) is 2.79. The number of nitrogens with zero attached hydrogens (tertiary/aromatic N) is 3. The van der Waals surface area contributed by atoms with Crippen LogP contribution in [0.2, 0.25) is 0 Å². The predicted molar refractivity (Wildman–Crippen MR) is 58.7 cm³/mol. The minimum absolute atomic E-state index is 0.736. The van der Waals surface area contributed by atoms with Crippen molar-refractivity contribution in [2.24, 2.45) is 11.8 Å². The van der Waals surface area contributed by atoms with Crippen molar-refractivity contribution in [3.8, 4) is 0 Å². The molecular weight excluding hydrogens is 188 g/mol. The van der Waals surface area contributed by atoms with E-state index in [1.165, 1.54) is 6.42 Å². The molecule has 0 aromatic carbocycles. The second-order valence-corrected chi connectivity index (χ2v) is 4.29. The molecule has 1 saturated carbocycles. The first kappa shape index (κ1) is 8.71. The zero-order chi connectivity index (χ0) is 10.3. The van der Waals surface area contributed by atoms with Gasteiger partial charge >= 0.3 is 0 Å². The van der Waals surface area contributed by atoms with E-state index in [2.05, 4.69) is 22.3 Å². The first-order chi connectivity index (χ1) is 7.33. The minimum Gasteiger partial charge on any atom is -0.353 e. The molecule has 0 amide bonds. The van der Waals surface area contributed by atoms with Gasteiger partial charge in [0.1, 0.15) is 0 Å². The lowest BCUT2D eigenvalue weighted by Crippen LogP contribution is -2.05. The molecule has 0 spiro atoms. The lowest BCUT2D eigenvalue weighted by atomic mass is 10.3. The summed E-state index contributed by atoms with van der Waals surface area (Å²) in [5, 5.41) is 7.62. The topological polar surface area (TPSA) is 42.2 Å². The van der Waals surface area contributed by atoms with Gasteiger partial charge in [-0.2, -0.15) is 4.98 Å². The highest BCUT2D eigenvalue weighted by Gasteiger charge is 2.32. The number of nitrogens with one attached hydrogen (secondary N) is 1. The molecule has 2 aromatic heterocycles. The molecule has 1 N–H and O–H groups in total. The molecule has 1 aliphatic rings. The van der Waals surface area contributed by atoms with Crippen LogP contribution in [0.1, 0.15) is 13.3 Å². The number of aromatic nitrogens is 3. The van der Waals surface area contributed by atoms with Gasteiger partial charge in [0.05, 0.1) is 0 Å². The van der Waals surface area contributed by atoms with E-state index in [9.17, 15) is 0 Å². The van der Waals surface area contributed by atoms with Crippen molar-refractivity contribution in [2.75, 3.05) is 11.9 Å². The Morgan fingerprint density at radius 2 is 2.40 bits per heavy atom. The van der Waals surface area contributed by atoms with Crippen molar-refractivity contribution in [2.45, 2.75) is 13.3 Å². The van der Waals surface area contributed by atoms with E-state index in [0.29, 0.717) is 0 Å². The van der Waals surface area contributed by atoms with Gasteiger partial charge in [-0.1, -0.05) is 13.0 Å². The number of fused-ring (bicyclic) bond motifs is 1. The fourth-order valence-corrected chi connectivity index (χ4v) is 1.81. The molecule has 0 saturated heterocycles. The summed E-state index contributed by atoms with van der Waals surface area (Å²) in [7, 11) is 0. The molecule has 2 heterocycles. The molecule has 0 bridgehead atoms. The molecule has 0 radical (unpaired) electrons. The van der Waals surface area contributed by atoms with Crippen LogP contribution in [-0.2, 0) is 0 Å². The third-order valence-corrected chi connectivity index (χ3v) is 3.04. The van der Waals surface area contributed by atoms with Crippen LogP contribution in [0, 0.1) is 11.8 Å². The lowest BCUT2D eigenvalue weighted by Gasteiger charge is -1.97. The first-order valence-corrected chi connectivity index (χ1v) is 5.38. The summed E-state index contributed by atoms with van der Waals surface area (Å²) in [5.74, 6) is 2.42. The van der Waals surface area contributed by atoms with Gasteiger partial charge in [0, 0.05) is 12.7 Å². The average molecular weight is 202 g/mol. The van der Waals surface area contributed by atoms with Gasteiger partial charge in [0.25, 0.3) is 0 Å². The standard InChI is InChI=1S/C11H14N4/c1-8-6-9(8)7-12-11-13-10-4-2-3-5-15(10)14-11/h2-5,8-9H,6-7H2,1H3,(H,12,14). The fraction of sp³-hybridized carbons (Fsp3) is 0.455. The van der Waals surface area contributed by atoms with E-state index >= 15 is 0 Å². The van der Waals surface area contributed by atoms with E-state index in [1.54, 1.807) is 4.52 Å². The van der Waals surface area contributed by atoms with Gasteiger partial charge < -0.3 is 5.32 Å². The maximum atomic E-state index is 4.38. The van der Waals surface area contributed by atoms with Gasteiger partial charge in [0.2, 0.25) is 5.95 Å². The van der Waals surface area contributed by atoms with Crippen LogP contribution in [0.5, 0.6) is 0 Å². The van der Waals surface area contributed by atoms with E-state index < -0.39 is 0 Å². The second kappa shape index (κ2) is 3.22. The number of rotatable bonds is 3. The van der Waals surface area contributed by atoms with Crippen LogP contribution in [0.3, 0.4) is 0 Å². The molecule has 2 aromatic rings. The smallest absolute Gasteiger partial charge is 0.243 e. The van der Waals surface area contributed by atoms with Crippen LogP contribution < -0.4 is 5.32 Å². The molecule has 2 unspecified atom stereocenters. The molecule has 1 aliphatic carbocycles. The summed E-state index contributed by atoms with van der Waals surface area (Å²) in [6, 6.07) is 5.88. The Kier molecular flexibility index (Phi) is 1.87. The summed E-state index contributed by atoms with van der Waals surface area (Å²) in [5.41, 5.74) is 0.892. The molecule has 0 aliphatic heterocycles. The Morgan fingerprint density at radius 1 is 1.53 bits per heavy atom. The molecule has 3 rings (SSSR count). The quantitative estimate of drug-likeness (QED) is 0.825. The monoisotopic (exact) mass is 202 g/mol. The summed E-state index contributed by atoms with van der Waals surface area (Å²) in [6.45, 7) is 3.28. The van der Waals surface area contributed by atoms with E-state index in [1.807, 2.05) is 24.4 Å². The zero-order valence-corrected chi connectivity index (χ0v) is 8.72. The summed E-state index contributed by atoms with van der Waals surface area (Å²) in [4.78, 5) is 4.38. The van der Waals surface area contributed by atoms with Crippen LogP contribution in [-0.4, -0.2) is 21.1 Å². The Morgan fingerprint density at radius 3 is 3.13 bits per heavy atom. The van der Waals surface area contributed by atoms with Crippen molar-refractivity contribution in [1.29, 1.82) is 0 Å². The van der Waals surface area contributed by atoms with Crippen LogP contribution in [0.15, 0.2) is 24.4 Å². The Hall–Kier alpha value is -1.58. The highest BCUT2D eigenvalue weighted by atomic mass is 15.3. The molecule has 15 heavy (non-hydrogen) atoms. The molecule has 1 fully saturated rings. The van der Waals surface area contributed by atoms with Crippen LogP contribution in [0.25, 0.3) is 5.65 Å². The SMILES string of the molecule is CC1CC1CNc1nc2ccccn2n1. The number of pyridine rings is 1. The Balaban J connectivity index is 1.74. The molecule has 4 nitrogen and oxygen atoms in total. The van der Waals surface area contributed by atoms with Crippen molar-refractivity contribution in [3.05, 3.63) is 24.4 Å². The highest BCUT2D eigenvalue weighted by Crippen LogP contribution is 2.37. The highest BCUT2D eigenvalue weighted by molar-refractivity contribution is 5.42. The summed E-state index contributed by atoms with van der Waals surface area (Å²) >= 11 is 0. The molecular formula is C11H14N4. The van der Waals surface area contributed by atoms with Gasteiger partial charge in [-0.15, -0.1) is 5.10 Å². The van der Waals surface area contributed by atoms with E-state index in [-0.39, 0.29) is 0 Å². The second-order valence-electron chi connectivity index (χ2n) is 4.29.